The molecule has 0 radical (unpaired) electrons. The lowest BCUT2D eigenvalue weighted by atomic mass is 10.1. The predicted octanol–water partition coefficient (Wildman–Crippen LogP) is 4.45. The lowest BCUT2D eigenvalue weighted by Gasteiger charge is -2.05. The van der Waals surface area contributed by atoms with Gasteiger partial charge in [0.1, 0.15) is 0 Å². The van der Waals surface area contributed by atoms with Gasteiger partial charge in [0.25, 0.3) is 0 Å². The van der Waals surface area contributed by atoms with Crippen molar-refractivity contribution >= 4 is 5.97 Å². The van der Waals surface area contributed by atoms with Gasteiger partial charge in [-0.15, -0.1) is 0 Å². The topological polar surface area (TPSA) is 38.3 Å². The second-order valence-electron chi connectivity index (χ2n) is 5.61. The van der Waals surface area contributed by atoms with Crippen molar-refractivity contribution in [2.45, 2.75) is 84.0 Å². The van der Waals surface area contributed by atoms with Gasteiger partial charge in [0, 0.05) is 6.42 Å². The summed E-state index contributed by atoms with van der Waals surface area (Å²) in [6, 6.07) is 0. The van der Waals surface area contributed by atoms with Crippen LogP contribution in [0.2, 0.25) is 0 Å². The molecule has 120 valence electrons. The minimum Gasteiger partial charge on any atom is -0.466 e. The Morgan fingerprint density at radius 3 is 2.10 bits per heavy atom. The molecule has 0 saturated carbocycles. The van der Waals surface area contributed by atoms with E-state index in [-0.39, 0.29) is 5.97 Å². The van der Waals surface area contributed by atoms with Crippen LogP contribution in [0.5, 0.6) is 0 Å². The highest BCUT2D eigenvalue weighted by atomic mass is 16.5. The highest BCUT2D eigenvalue weighted by molar-refractivity contribution is 5.69. The molecule has 0 amide bonds. The molecule has 0 fully saturated rings. The molecule has 0 aromatic carbocycles. The van der Waals surface area contributed by atoms with Crippen molar-refractivity contribution < 1.29 is 9.53 Å². The Morgan fingerprint density at radius 2 is 1.45 bits per heavy atom. The first-order valence-electron chi connectivity index (χ1n) is 8.61. The normalized spacial score (nSPS) is 10.7. The molecule has 0 bridgehead atoms. The Bertz CT molecular complexity index is 207. The third-order valence-corrected chi connectivity index (χ3v) is 3.57. The van der Waals surface area contributed by atoms with E-state index in [4.69, 9.17) is 4.74 Å². The van der Waals surface area contributed by atoms with Gasteiger partial charge in [-0.25, -0.2) is 0 Å². The van der Waals surface area contributed by atoms with Crippen LogP contribution < -0.4 is 5.32 Å². The van der Waals surface area contributed by atoms with Crippen molar-refractivity contribution in [3.63, 3.8) is 0 Å². The third-order valence-electron chi connectivity index (χ3n) is 3.57. The van der Waals surface area contributed by atoms with Gasteiger partial charge in [-0.3, -0.25) is 4.79 Å². The summed E-state index contributed by atoms with van der Waals surface area (Å²) in [7, 11) is 1.96. The number of unbranched alkanes of at least 4 members (excludes halogenated alkanes) is 9. The molecule has 1 N–H and O–H groups in total. The van der Waals surface area contributed by atoms with E-state index in [1.807, 2.05) is 7.05 Å². The van der Waals surface area contributed by atoms with Crippen LogP contribution in [0.15, 0.2) is 0 Å². The number of hydrogen-bond donors (Lipinski definition) is 1. The van der Waals surface area contributed by atoms with Gasteiger partial charge in [-0.05, 0) is 32.9 Å². The lowest BCUT2D eigenvalue weighted by Crippen LogP contribution is -2.08. The van der Waals surface area contributed by atoms with E-state index in [2.05, 4.69) is 12.2 Å². The summed E-state index contributed by atoms with van der Waals surface area (Å²) in [5.41, 5.74) is 0. The molecule has 0 aromatic rings. The fourth-order valence-corrected chi connectivity index (χ4v) is 2.24. The second-order valence-corrected chi connectivity index (χ2v) is 5.61. The van der Waals surface area contributed by atoms with Crippen LogP contribution in [-0.2, 0) is 9.53 Å². The molecule has 0 rings (SSSR count). The first-order valence-corrected chi connectivity index (χ1v) is 8.61. The predicted molar refractivity (Wildman–Crippen MR) is 86.0 cm³/mol. The van der Waals surface area contributed by atoms with Crippen LogP contribution in [0.1, 0.15) is 84.0 Å². The fraction of sp³-hybridized carbons (Fsp3) is 0.941. The average Bonchev–Trinajstić information content (AvgIpc) is 2.45. The summed E-state index contributed by atoms with van der Waals surface area (Å²) in [4.78, 5) is 11.4. The Hall–Kier alpha value is -0.570. The van der Waals surface area contributed by atoms with Crippen molar-refractivity contribution in [2.75, 3.05) is 20.2 Å². The van der Waals surface area contributed by atoms with E-state index in [1.54, 1.807) is 0 Å². The maximum Gasteiger partial charge on any atom is 0.305 e. The minimum atomic E-state index is -0.0163. The first kappa shape index (κ1) is 19.4. The summed E-state index contributed by atoms with van der Waals surface area (Å²) >= 11 is 0. The molecule has 0 aliphatic carbocycles. The smallest absolute Gasteiger partial charge is 0.305 e. The van der Waals surface area contributed by atoms with E-state index in [0.29, 0.717) is 13.0 Å². The van der Waals surface area contributed by atoms with Crippen molar-refractivity contribution in [3.05, 3.63) is 0 Å². The maximum absolute atomic E-state index is 11.4. The number of carbonyl (C=O) groups excluding carboxylic acids is 1. The Morgan fingerprint density at radius 1 is 0.850 bits per heavy atom. The van der Waals surface area contributed by atoms with Gasteiger partial charge < -0.3 is 10.1 Å². The summed E-state index contributed by atoms with van der Waals surface area (Å²) in [5.74, 6) is -0.0163. The number of nitrogens with one attached hydrogen (secondary N) is 1. The van der Waals surface area contributed by atoms with Gasteiger partial charge in [-0.2, -0.15) is 0 Å². The summed E-state index contributed by atoms with van der Waals surface area (Å²) in [6.07, 6.45) is 14.0. The molecule has 0 aliphatic rings. The number of hydrogen-bond acceptors (Lipinski definition) is 3. The van der Waals surface area contributed by atoms with Crippen LogP contribution in [0, 0.1) is 0 Å². The highest BCUT2D eigenvalue weighted by Gasteiger charge is 2.02. The highest BCUT2D eigenvalue weighted by Crippen LogP contribution is 2.08. The van der Waals surface area contributed by atoms with E-state index in [0.717, 1.165) is 32.2 Å². The van der Waals surface area contributed by atoms with E-state index < -0.39 is 0 Å². The maximum atomic E-state index is 11.4. The summed E-state index contributed by atoms with van der Waals surface area (Å²) in [5, 5.41) is 3.11. The van der Waals surface area contributed by atoms with E-state index in [1.165, 1.54) is 44.9 Å². The largest absolute Gasteiger partial charge is 0.466 e. The molecule has 0 spiro atoms. The zero-order valence-electron chi connectivity index (χ0n) is 13.7. The van der Waals surface area contributed by atoms with Crippen LogP contribution >= 0.6 is 0 Å². The fourth-order valence-electron chi connectivity index (χ4n) is 2.24. The Kier molecular flexibility index (Phi) is 16.0. The average molecular weight is 285 g/mol. The molecule has 20 heavy (non-hydrogen) atoms. The van der Waals surface area contributed by atoms with E-state index in [9.17, 15) is 4.79 Å². The SMILES string of the molecule is CCCCCCCCCCOC(=O)CCCCCNC. The van der Waals surface area contributed by atoms with Crippen LogP contribution in [0.3, 0.4) is 0 Å². The zero-order valence-corrected chi connectivity index (χ0v) is 13.7. The van der Waals surface area contributed by atoms with Crippen LogP contribution in [-0.4, -0.2) is 26.2 Å². The number of rotatable bonds is 15. The van der Waals surface area contributed by atoms with Crippen molar-refractivity contribution in [3.8, 4) is 0 Å². The molecule has 0 heterocycles. The number of esters is 1. The Balaban J connectivity index is 3.11. The Labute approximate surface area is 125 Å². The van der Waals surface area contributed by atoms with Gasteiger partial charge in [0.2, 0.25) is 0 Å². The van der Waals surface area contributed by atoms with Gasteiger partial charge in [0.15, 0.2) is 0 Å². The molecule has 0 aliphatic heterocycles. The molecule has 3 heteroatoms. The third kappa shape index (κ3) is 15.5. The van der Waals surface area contributed by atoms with Crippen molar-refractivity contribution in [1.29, 1.82) is 0 Å². The van der Waals surface area contributed by atoms with E-state index >= 15 is 0 Å². The monoisotopic (exact) mass is 285 g/mol. The number of carbonyl (C=O) groups is 1. The van der Waals surface area contributed by atoms with Crippen LogP contribution in [0.25, 0.3) is 0 Å². The van der Waals surface area contributed by atoms with Crippen molar-refractivity contribution in [1.82, 2.24) is 5.32 Å². The van der Waals surface area contributed by atoms with Gasteiger partial charge >= 0.3 is 5.97 Å². The molecule has 3 nitrogen and oxygen atoms in total. The van der Waals surface area contributed by atoms with Gasteiger partial charge in [0.05, 0.1) is 6.61 Å². The standard InChI is InChI=1S/C17H35NO2/c1-3-4-5-6-7-8-9-13-16-20-17(19)14-11-10-12-15-18-2/h18H,3-16H2,1-2H3. The molecular weight excluding hydrogens is 250 g/mol. The molecule has 0 atom stereocenters. The molecule has 0 saturated heterocycles. The van der Waals surface area contributed by atoms with Crippen molar-refractivity contribution in [2.24, 2.45) is 0 Å². The van der Waals surface area contributed by atoms with Crippen LogP contribution in [0.4, 0.5) is 0 Å². The lowest BCUT2D eigenvalue weighted by molar-refractivity contribution is -0.143. The molecule has 0 aromatic heterocycles. The molecule has 0 unspecified atom stereocenters. The first-order chi connectivity index (χ1) is 9.81. The zero-order chi connectivity index (χ0) is 14.9. The summed E-state index contributed by atoms with van der Waals surface area (Å²) in [6.45, 7) is 3.90. The molecular formula is C17H35NO2. The summed E-state index contributed by atoms with van der Waals surface area (Å²) < 4.78 is 5.24. The quantitative estimate of drug-likeness (QED) is 0.357. The minimum absolute atomic E-state index is 0.0163. The van der Waals surface area contributed by atoms with Gasteiger partial charge in [-0.1, -0.05) is 58.3 Å². The second kappa shape index (κ2) is 16.5. The number of ether oxygens (including phenoxy) is 1.